The average molecular weight is 475 g/mol. The molecule has 6 nitrogen and oxygen atoms in total. The molecule has 0 saturated heterocycles. The minimum Gasteiger partial charge on any atom is -0.465 e. The molecule has 0 fully saturated rings. The van der Waals surface area contributed by atoms with Crippen molar-refractivity contribution >= 4 is 69.7 Å². The molecular formula is C19H18Cl3N3O3S. The fourth-order valence-electron chi connectivity index (χ4n) is 2.41. The third-order valence-electron chi connectivity index (χ3n) is 3.85. The summed E-state index contributed by atoms with van der Waals surface area (Å²) in [4.78, 5) is 24.5. The smallest absolute Gasteiger partial charge is 0.339 e. The van der Waals surface area contributed by atoms with Crippen molar-refractivity contribution in [3.63, 3.8) is 0 Å². The molecule has 0 unspecified atom stereocenters. The SMILES string of the molecule is COC(=O)c1ccccc1NC(=S)N[C@H](NC(=O)c1ccccc1C)C(Cl)(Cl)Cl. The van der Waals surface area contributed by atoms with Gasteiger partial charge in [-0.15, -0.1) is 0 Å². The lowest BCUT2D eigenvalue weighted by atomic mass is 10.1. The van der Waals surface area contributed by atoms with Gasteiger partial charge in [0, 0.05) is 5.56 Å². The maximum Gasteiger partial charge on any atom is 0.339 e. The number of halogens is 3. The van der Waals surface area contributed by atoms with Crippen LogP contribution in [0.2, 0.25) is 0 Å². The number of carbonyl (C=O) groups is 2. The molecule has 0 saturated carbocycles. The zero-order valence-corrected chi connectivity index (χ0v) is 18.5. The summed E-state index contributed by atoms with van der Waals surface area (Å²) >= 11 is 23.3. The third kappa shape index (κ3) is 6.47. The number of para-hydroxylation sites is 1. The van der Waals surface area contributed by atoms with E-state index in [1.165, 1.54) is 7.11 Å². The number of hydrogen-bond acceptors (Lipinski definition) is 4. The van der Waals surface area contributed by atoms with Crippen LogP contribution in [0.4, 0.5) is 5.69 Å². The Morgan fingerprint density at radius 2 is 1.59 bits per heavy atom. The standard InChI is InChI=1S/C19H18Cl3N3O3S/c1-11-7-3-4-8-12(11)15(26)24-17(19(20,21)22)25-18(29)23-14-10-6-5-9-13(14)16(27)28-2/h3-10,17H,1-2H3,(H,24,26)(H2,23,25,29)/t17-/m0/s1. The first kappa shape index (κ1) is 23.2. The van der Waals surface area contributed by atoms with Crippen molar-refractivity contribution in [3.8, 4) is 0 Å². The highest BCUT2D eigenvalue weighted by Crippen LogP contribution is 2.29. The Kier molecular flexibility index (Phi) is 8.10. The van der Waals surface area contributed by atoms with Crippen LogP contribution in [0.3, 0.4) is 0 Å². The van der Waals surface area contributed by atoms with Gasteiger partial charge in [-0.05, 0) is 42.9 Å². The highest BCUT2D eigenvalue weighted by molar-refractivity contribution is 7.80. The van der Waals surface area contributed by atoms with Crippen molar-refractivity contribution in [1.82, 2.24) is 10.6 Å². The maximum absolute atomic E-state index is 12.6. The van der Waals surface area contributed by atoms with Crippen LogP contribution in [-0.4, -0.2) is 34.1 Å². The Balaban J connectivity index is 2.15. The molecule has 29 heavy (non-hydrogen) atoms. The molecule has 154 valence electrons. The minimum atomic E-state index is -1.91. The van der Waals surface area contributed by atoms with Crippen LogP contribution in [0.5, 0.6) is 0 Å². The molecule has 0 aliphatic heterocycles. The van der Waals surface area contributed by atoms with Crippen molar-refractivity contribution in [2.24, 2.45) is 0 Å². The molecule has 0 heterocycles. The van der Waals surface area contributed by atoms with E-state index >= 15 is 0 Å². The van der Waals surface area contributed by atoms with Gasteiger partial charge >= 0.3 is 5.97 Å². The van der Waals surface area contributed by atoms with Crippen LogP contribution in [0.25, 0.3) is 0 Å². The van der Waals surface area contributed by atoms with Crippen molar-refractivity contribution in [3.05, 3.63) is 65.2 Å². The van der Waals surface area contributed by atoms with Crippen LogP contribution < -0.4 is 16.0 Å². The van der Waals surface area contributed by atoms with E-state index in [2.05, 4.69) is 16.0 Å². The lowest BCUT2D eigenvalue weighted by Gasteiger charge is -2.28. The number of thiocarbonyl (C=S) groups is 1. The summed E-state index contributed by atoms with van der Waals surface area (Å²) in [6.07, 6.45) is -1.15. The van der Waals surface area contributed by atoms with E-state index in [1.807, 2.05) is 6.07 Å². The second-order valence-electron chi connectivity index (χ2n) is 5.90. The van der Waals surface area contributed by atoms with Gasteiger partial charge in [-0.1, -0.05) is 65.1 Å². The molecule has 2 aromatic rings. The molecule has 2 rings (SSSR count). The zero-order chi connectivity index (χ0) is 21.6. The number of hydrogen-bond donors (Lipinski definition) is 3. The van der Waals surface area contributed by atoms with Gasteiger partial charge in [-0.2, -0.15) is 0 Å². The number of amides is 1. The van der Waals surface area contributed by atoms with Gasteiger partial charge in [0.05, 0.1) is 18.4 Å². The average Bonchev–Trinajstić information content (AvgIpc) is 2.66. The first-order valence-corrected chi connectivity index (χ1v) is 9.85. The first-order chi connectivity index (χ1) is 13.6. The summed E-state index contributed by atoms with van der Waals surface area (Å²) in [5.74, 6) is -0.980. The molecule has 0 aromatic heterocycles. The summed E-state index contributed by atoms with van der Waals surface area (Å²) in [6, 6.07) is 13.6. The van der Waals surface area contributed by atoms with Crippen LogP contribution in [-0.2, 0) is 4.74 Å². The Morgan fingerprint density at radius 1 is 1.00 bits per heavy atom. The van der Waals surface area contributed by atoms with Crippen molar-refractivity contribution < 1.29 is 14.3 Å². The first-order valence-electron chi connectivity index (χ1n) is 8.31. The summed E-state index contributed by atoms with van der Waals surface area (Å²) < 4.78 is 2.83. The van der Waals surface area contributed by atoms with E-state index in [9.17, 15) is 9.59 Å². The highest BCUT2D eigenvalue weighted by Gasteiger charge is 2.35. The highest BCUT2D eigenvalue weighted by atomic mass is 35.6. The summed E-state index contributed by atoms with van der Waals surface area (Å²) in [5.41, 5.74) is 1.86. The van der Waals surface area contributed by atoms with Gasteiger partial charge < -0.3 is 20.7 Å². The predicted octanol–water partition coefficient (Wildman–Crippen LogP) is 4.19. The number of rotatable bonds is 5. The second-order valence-corrected chi connectivity index (χ2v) is 8.68. The Morgan fingerprint density at radius 3 is 2.17 bits per heavy atom. The number of benzene rings is 2. The molecule has 0 aliphatic rings. The second kappa shape index (κ2) is 10.1. The summed E-state index contributed by atoms with van der Waals surface area (Å²) in [6.45, 7) is 1.79. The van der Waals surface area contributed by atoms with Crippen LogP contribution in [0, 0.1) is 6.92 Å². The largest absolute Gasteiger partial charge is 0.465 e. The molecule has 2 aromatic carbocycles. The van der Waals surface area contributed by atoms with Gasteiger partial charge in [-0.25, -0.2) is 4.79 Å². The van der Waals surface area contributed by atoms with E-state index in [0.29, 0.717) is 11.3 Å². The van der Waals surface area contributed by atoms with Crippen LogP contribution >= 0.6 is 47.0 Å². The molecule has 0 bridgehead atoms. The normalized spacial score (nSPS) is 11.9. The topological polar surface area (TPSA) is 79.5 Å². The molecule has 0 radical (unpaired) electrons. The van der Waals surface area contributed by atoms with Gasteiger partial charge in [-0.3, -0.25) is 4.79 Å². The number of carbonyl (C=O) groups excluding carboxylic acids is 2. The van der Waals surface area contributed by atoms with Gasteiger partial charge in [0.1, 0.15) is 6.17 Å². The molecule has 0 spiro atoms. The fraction of sp³-hybridized carbons (Fsp3) is 0.211. The zero-order valence-electron chi connectivity index (χ0n) is 15.5. The maximum atomic E-state index is 12.6. The monoisotopic (exact) mass is 473 g/mol. The van der Waals surface area contributed by atoms with Gasteiger partial charge in [0.15, 0.2) is 5.11 Å². The van der Waals surface area contributed by atoms with Gasteiger partial charge in [0.2, 0.25) is 3.79 Å². The van der Waals surface area contributed by atoms with Crippen molar-refractivity contribution in [2.75, 3.05) is 12.4 Å². The molecule has 10 heteroatoms. The third-order valence-corrected chi connectivity index (χ3v) is 4.72. The van der Waals surface area contributed by atoms with E-state index < -0.39 is 21.8 Å². The lowest BCUT2D eigenvalue weighted by molar-refractivity contribution is 0.0601. The van der Waals surface area contributed by atoms with E-state index in [4.69, 9.17) is 51.8 Å². The quantitative estimate of drug-likeness (QED) is 0.261. The summed E-state index contributed by atoms with van der Waals surface area (Å²) in [7, 11) is 1.27. The fourth-order valence-corrected chi connectivity index (χ4v) is 2.96. The Hall–Kier alpha value is -2.06. The van der Waals surface area contributed by atoms with E-state index in [0.717, 1.165) is 5.56 Å². The number of aryl methyl sites for hydroxylation is 1. The molecule has 1 atom stereocenters. The Labute approximate surface area is 188 Å². The number of ether oxygens (including phenoxy) is 1. The minimum absolute atomic E-state index is 0.0303. The van der Waals surface area contributed by atoms with Crippen LogP contribution in [0.1, 0.15) is 26.3 Å². The van der Waals surface area contributed by atoms with Crippen molar-refractivity contribution in [1.29, 1.82) is 0 Å². The van der Waals surface area contributed by atoms with E-state index in [-0.39, 0.29) is 10.7 Å². The predicted molar refractivity (Wildman–Crippen MR) is 120 cm³/mol. The van der Waals surface area contributed by atoms with E-state index in [1.54, 1.807) is 49.4 Å². The molecule has 0 aliphatic carbocycles. The van der Waals surface area contributed by atoms with Crippen molar-refractivity contribution in [2.45, 2.75) is 16.9 Å². The number of esters is 1. The van der Waals surface area contributed by atoms with Crippen LogP contribution in [0.15, 0.2) is 48.5 Å². The summed E-state index contributed by atoms with van der Waals surface area (Å²) in [5, 5.41) is 8.24. The number of methoxy groups -OCH3 is 1. The number of nitrogens with one attached hydrogen (secondary N) is 3. The Bertz CT molecular complexity index is 919. The number of alkyl halides is 3. The lowest BCUT2D eigenvalue weighted by Crippen LogP contribution is -2.56. The number of anilines is 1. The van der Waals surface area contributed by atoms with Gasteiger partial charge in [0.25, 0.3) is 5.91 Å². The molecule has 3 N–H and O–H groups in total. The molecule has 1 amide bonds. The molecular weight excluding hydrogens is 457 g/mol.